The van der Waals surface area contributed by atoms with Crippen LogP contribution in [0.4, 0.5) is 0 Å². The number of amides is 2. The number of benzene rings is 2. The maximum atomic E-state index is 12.9. The minimum absolute atomic E-state index is 0.332. The molecule has 2 aromatic carbocycles. The van der Waals surface area contributed by atoms with E-state index in [4.69, 9.17) is 4.74 Å². The van der Waals surface area contributed by atoms with Crippen LogP contribution in [0.3, 0.4) is 0 Å². The van der Waals surface area contributed by atoms with Gasteiger partial charge in [-0.3, -0.25) is 14.9 Å². The number of nitrogens with one attached hydrogen (secondary N) is 1. The summed E-state index contributed by atoms with van der Waals surface area (Å²) in [6.07, 6.45) is 1.64. The topological polar surface area (TPSA) is 73.2 Å². The number of hydrogen-bond acceptors (Lipinski definition) is 5. The zero-order valence-corrected chi connectivity index (χ0v) is 16.3. The molecule has 2 heterocycles. The number of thiophene rings is 1. The molecule has 4 aromatic rings. The highest BCUT2D eigenvalue weighted by molar-refractivity contribution is 7.13. The monoisotopic (exact) mass is 403 g/mol. The normalized spacial score (nSPS) is 10.5. The van der Waals surface area contributed by atoms with Gasteiger partial charge in [0.25, 0.3) is 11.8 Å². The molecule has 0 radical (unpaired) electrons. The Balaban J connectivity index is 1.64. The van der Waals surface area contributed by atoms with E-state index in [0.29, 0.717) is 22.6 Å². The van der Waals surface area contributed by atoms with Crippen molar-refractivity contribution in [3.05, 3.63) is 89.4 Å². The molecular weight excluding hydrogens is 386 g/mol. The lowest BCUT2D eigenvalue weighted by Gasteiger charge is -2.05. The van der Waals surface area contributed by atoms with Crippen LogP contribution in [0, 0.1) is 0 Å². The van der Waals surface area contributed by atoms with Crippen molar-refractivity contribution in [3.8, 4) is 22.0 Å². The van der Waals surface area contributed by atoms with Gasteiger partial charge in [-0.25, -0.2) is 4.68 Å². The van der Waals surface area contributed by atoms with Crippen molar-refractivity contribution in [2.24, 2.45) is 0 Å². The Morgan fingerprint density at radius 1 is 0.966 bits per heavy atom. The van der Waals surface area contributed by atoms with Crippen molar-refractivity contribution in [2.45, 2.75) is 0 Å². The molecule has 1 N–H and O–H groups in total. The summed E-state index contributed by atoms with van der Waals surface area (Å²) in [5.74, 6) is -0.351. The van der Waals surface area contributed by atoms with Crippen LogP contribution in [0.15, 0.2) is 78.3 Å². The zero-order valence-electron chi connectivity index (χ0n) is 15.5. The highest BCUT2D eigenvalue weighted by atomic mass is 32.1. The van der Waals surface area contributed by atoms with Crippen molar-refractivity contribution < 1.29 is 14.3 Å². The molecule has 0 atom stereocenters. The highest BCUT2D eigenvalue weighted by Gasteiger charge is 2.21. The summed E-state index contributed by atoms with van der Waals surface area (Å²) < 4.78 is 6.73. The number of hydrogen-bond donors (Lipinski definition) is 1. The van der Waals surface area contributed by atoms with E-state index in [1.165, 1.54) is 11.3 Å². The summed E-state index contributed by atoms with van der Waals surface area (Å²) in [6, 6.07) is 19.8. The van der Waals surface area contributed by atoms with Crippen LogP contribution in [0.5, 0.6) is 5.75 Å². The summed E-state index contributed by atoms with van der Waals surface area (Å²) in [4.78, 5) is 26.3. The van der Waals surface area contributed by atoms with Crippen LogP contribution in [0.2, 0.25) is 0 Å². The van der Waals surface area contributed by atoms with Crippen molar-refractivity contribution in [1.82, 2.24) is 15.1 Å². The molecule has 0 unspecified atom stereocenters. The van der Waals surface area contributed by atoms with Crippen LogP contribution in [-0.4, -0.2) is 28.7 Å². The second-order valence-electron chi connectivity index (χ2n) is 6.16. The van der Waals surface area contributed by atoms with Gasteiger partial charge in [0.15, 0.2) is 0 Å². The fraction of sp³-hybridized carbons (Fsp3) is 0.0455. The minimum Gasteiger partial charge on any atom is -0.497 e. The molecule has 0 saturated carbocycles. The number of ether oxygens (including phenoxy) is 1. The number of imide groups is 1. The molecule has 0 fully saturated rings. The third-order valence-electron chi connectivity index (χ3n) is 4.31. The standard InChI is InChI=1S/C22H17N3O3S/c1-28-17-11-9-15(10-12-17)21(26)23-22(27)18-14-25(16-6-3-2-4-7-16)24-20(18)19-8-5-13-29-19/h2-14H,1H3,(H,23,26,27). The second kappa shape index (κ2) is 8.12. The van der Waals surface area contributed by atoms with Crippen molar-refractivity contribution >= 4 is 23.2 Å². The maximum Gasteiger partial charge on any atom is 0.262 e. The van der Waals surface area contributed by atoms with E-state index in [2.05, 4.69) is 10.4 Å². The lowest BCUT2D eigenvalue weighted by Crippen LogP contribution is -2.30. The first-order valence-electron chi connectivity index (χ1n) is 8.84. The molecule has 2 aromatic heterocycles. The Bertz CT molecular complexity index is 1130. The van der Waals surface area contributed by atoms with Gasteiger partial charge in [0.1, 0.15) is 11.4 Å². The van der Waals surface area contributed by atoms with Gasteiger partial charge in [-0.2, -0.15) is 5.10 Å². The molecule has 29 heavy (non-hydrogen) atoms. The summed E-state index contributed by atoms with van der Waals surface area (Å²) in [6.45, 7) is 0. The van der Waals surface area contributed by atoms with Crippen molar-refractivity contribution in [1.29, 1.82) is 0 Å². The van der Waals surface area contributed by atoms with Gasteiger partial charge in [0.05, 0.1) is 23.2 Å². The number of methoxy groups -OCH3 is 1. The molecule has 0 bridgehead atoms. The number of nitrogens with zero attached hydrogens (tertiary/aromatic N) is 2. The van der Waals surface area contributed by atoms with Crippen molar-refractivity contribution in [2.75, 3.05) is 7.11 Å². The Morgan fingerprint density at radius 3 is 2.38 bits per heavy atom. The number of carbonyl (C=O) groups excluding carboxylic acids is 2. The first-order chi connectivity index (χ1) is 14.2. The van der Waals surface area contributed by atoms with E-state index in [1.807, 2.05) is 47.8 Å². The zero-order chi connectivity index (χ0) is 20.2. The molecule has 144 valence electrons. The highest BCUT2D eigenvalue weighted by Crippen LogP contribution is 2.28. The fourth-order valence-electron chi connectivity index (χ4n) is 2.83. The number of rotatable bonds is 5. The van der Waals surface area contributed by atoms with Gasteiger partial charge in [0, 0.05) is 11.8 Å². The smallest absolute Gasteiger partial charge is 0.262 e. The molecular formula is C22H17N3O3S. The lowest BCUT2D eigenvalue weighted by molar-refractivity contribution is 0.0849. The summed E-state index contributed by atoms with van der Waals surface area (Å²) >= 11 is 1.48. The third kappa shape index (κ3) is 3.95. The van der Waals surface area contributed by atoms with Gasteiger partial charge in [-0.15, -0.1) is 11.3 Å². The van der Waals surface area contributed by atoms with Crippen LogP contribution < -0.4 is 10.1 Å². The SMILES string of the molecule is COc1ccc(C(=O)NC(=O)c2cn(-c3ccccc3)nc2-c2cccs2)cc1. The predicted molar refractivity (Wildman–Crippen MR) is 112 cm³/mol. The fourth-order valence-corrected chi connectivity index (χ4v) is 3.56. The Labute approximate surface area is 171 Å². The lowest BCUT2D eigenvalue weighted by atomic mass is 10.1. The third-order valence-corrected chi connectivity index (χ3v) is 5.19. The van der Waals surface area contributed by atoms with Gasteiger partial charge in [0.2, 0.25) is 0 Å². The first-order valence-corrected chi connectivity index (χ1v) is 9.72. The van der Waals surface area contributed by atoms with Crippen LogP contribution >= 0.6 is 11.3 Å². The van der Waals surface area contributed by atoms with Crippen molar-refractivity contribution in [3.63, 3.8) is 0 Å². The molecule has 0 aliphatic carbocycles. The van der Waals surface area contributed by atoms with E-state index < -0.39 is 11.8 Å². The summed E-state index contributed by atoms with van der Waals surface area (Å²) in [5, 5.41) is 8.95. The van der Waals surface area contributed by atoms with E-state index >= 15 is 0 Å². The van der Waals surface area contributed by atoms with E-state index in [9.17, 15) is 9.59 Å². The van der Waals surface area contributed by atoms with E-state index in [-0.39, 0.29) is 0 Å². The molecule has 0 aliphatic heterocycles. The largest absolute Gasteiger partial charge is 0.497 e. The minimum atomic E-state index is -0.503. The Morgan fingerprint density at radius 2 is 1.72 bits per heavy atom. The number of carbonyl (C=O) groups is 2. The molecule has 7 heteroatoms. The average Bonchev–Trinajstić information content (AvgIpc) is 3.44. The molecule has 6 nitrogen and oxygen atoms in total. The Kier molecular flexibility index (Phi) is 5.22. The van der Waals surface area contributed by atoms with Gasteiger partial charge in [-0.05, 0) is 47.8 Å². The quantitative estimate of drug-likeness (QED) is 0.508. The maximum absolute atomic E-state index is 12.9. The molecule has 0 spiro atoms. The number of para-hydroxylation sites is 1. The van der Waals surface area contributed by atoms with E-state index in [0.717, 1.165) is 10.6 Å². The molecule has 2 amide bonds. The second-order valence-corrected chi connectivity index (χ2v) is 7.11. The number of aromatic nitrogens is 2. The molecule has 4 rings (SSSR count). The van der Waals surface area contributed by atoms with E-state index in [1.54, 1.807) is 42.3 Å². The predicted octanol–water partition coefficient (Wildman–Crippen LogP) is 4.18. The Hall–Kier alpha value is -3.71. The molecule has 0 saturated heterocycles. The van der Waals surface area contributed by atoms with Gasteiger partial charge in [-0.1, -0.05) is 24.3 Å². The summed E-state index contributed by atoms with van der Waals surface area (Å²) in [5.41, 5.74) is 2.06. The summed E-state index contributed by atoms with van der Waals surface area (Å²) in [7, 11) is 1.55. The van der Waals surface area contributed by atoms with Gasteiger partial charge < -0.3 is 4.74 Å². The molecule has 0 aliphatic rings. The first kappa shape index (κ1) is 18.6. The van der Waals surface area contributed by atoms with Crippen LogP contribution in [-0.2, 0) is 0 Å². The van der Waals surface area contributed by atoms with Gasteiger partial charge >= 0.3 is 0 Å². The van der Waals surface area contributed by atoms with Crippen LogP contribution in [0.1, 0.15) is 20.7 Å². The average molecular weight is 403 g/mol. The van der Waals surface area contributed by atoms with Crippen LogP contribution in [0.25, 0.3) is 16.3 Å².